The van der Waals surface area contributed by atoms with Crippen LogP contribution in [0.3, 0.4) is 0 Å². The lowest BCUT2D eigenvalue weighted by atomic mass is 10.1. The zero-order valence-electron chi connectivity index (χ0n) is 14.1. The first-order valence-corrected chi connectivity index (χ1v) is 8.95. The maximum Gasteiger partial charge on any atom is 0.338 e. The highest BCUT2D eigenvalue weighted by atomic mass is 32.1. The first kappa shape index (κ1) is 18.6. The zero-order chi connectivity index (χ0) is 19.2. The molecule has 0 bridgehead atoms. The average molecular weight is 385 g/mol. The Morgan fingerprint density at radius 3 is 2.56 bits per heavy atom. The summed E-state index contributed by atoms with van der Waals surface area (Å²) >= 11 is 1.45. The Labute approximate surface area is 159 Å². The number of carbonyl (C=O) groups is 2. The number of ether oxygens (including phenoxy) is 1. The summed E-state index contributed by atoms with van der Waals surface area (Å²) in [4.78, 5) is 25.1. The van der Waals surface area contributed by atoms with Gasteiger partial charge in [-0.1, -0.05) is 24.3 Å². The van der Waals surface area contributed by atoms with Crippen molar-refractivity contribution in [3.05, 3.63) is 87.9 Å². The van der Waals surface area contributed by atoms with Gasteiger partial charge in [-0.15, -0.1) is 11.3 Å². The number of thiophene rings is 1. The molecule has 1 amide bonds. The topological polar surface area (TPSA) is 75.6 Å². The molecular formula is C20H16FNO4S. The fourth-order valence-electron chi connectivity index (χ4n) is 2.48. The van der Waals surface area contributed by atoms with Crippen molar-refractivity contribution in [1.82, 2.24) is 5.32 Å². The number of aromatic hydroxyl groups is 1. The van der Waals surface area contributed by atoms with Gasteiger partial charge in [-0.25, -0.2) is 9.18 Å². The molecule has 2 aromatic carbocycles. The van der Waals surface area contributed by atoms with E-state index in [0.717, 1.165) is 4.88 Å². The Morgan fingerprint density at radius 2 is 1.89 bits per heavy atom. The van der Waals surface area contributed by atoms with Gasteiger partial charge in [0, 0.05) is 4.88 Å². The second-order valence-corrected chi connectivity index (χ2v) is 6.67. The average Bonchev–Trinajstić information content (AvgIpc) is 3.19. The number of halogens is 1. The van der Waals surface area contributed by atoms with E-state index >= 15 is 0 Å². The summed E-state index contributed by atoms with van der Waals surface area (Å²) in [7, 11) is 0. The summed E-state index contributed by atoms with van der Waals surface area (Å²) in [5, 5.41) is 14.1. The number of esters is 1. The van der Waals surface area contributed by atoms with Crippen LogP contribution in [0.2, 0.25) is 0 Å². The van der Waals surface area contributed by atoms with Crippen molar-refractivity contribution in [2.45, 2.75) is 6.04 Å². The van der Waals surface area contributed by atoms with Gasteiger partial charge >= 0.3 is 5.97 Å². The van der Waals surface area contributed by atoms with Crippen molar-refractivity contribution in [2.75, 3.05) is 6.61 Å². The van der Waals surface area contributed by atoms with Gasteiger partial charge in [0.2, 0.25) is 0 Å². The van der Waals surface area contributed by atoms with Crippen LogP contribution < -0.4 is 5.32 Å². The fraction of sp³-hybridized carbons (Fsp3) is 0.100. The van der Waals surface area contributed by atoms with Gasteiger partial charge in [-0.2, -0.15) is 0 Å². The molecule has 1 aromatic heterocycles. The third-order valence-electron chi connectivity index (χ3n) is 3.75. The molecule has 2 N–H and O–H groups in total. The van der Waals surface area contributed by atoms with Crippen molar-refractivity contribution >= 4 is 23.2 Å². The molecule has 0 saturated heterocycles. The smallest absolute Gasteiger partial charge is 0.338 e. The van der Waals surface area contributed by atoms with Crippen LogP contribution in [-0.2, 0) is 9.53 Å². The summed E-state index contributed by atoms with van der Waals surface area (Å²) < 4.78 is 18.2. The summed E-state index contributed by atoms with van der Waals surface area (Å²) in [5.41, 5.74) is 0.864. The predicted octanol–water partition coefficient (Wildman–Crippen LogP) is 3.66. The highest BCUT2D eigenvalue weighted by molar-refractivity contribution is 7.10. The molecule has 0 spiro atoms. The lowest BCUT2D eigenvalue weighted by Crippen LogP contribution is -2.32. The number of benzene rings is 2. The number of hydrogen-bond donors (Lipinski definition) is 2. The maximum absolute atomic E-state index is 13.2. The van der Waals surface area contributed by atoms with Crippen molar-refractivity contribution in [2.24, 2.45) is 0 Å². The molecule has 0 radical (unpaired) electrons. The molecular weight excluding hydrogens is 369 g/mol. The largest absolute Gasteiger partial charge is 0.508 e. The van der Waals surface area contributed by atoms with E-state index in [-0.39, 0.29) is 17.1 Å². The number of carbonyl (C=O) groups excluding carboxylic acids is 2. The molecule has 0 aliphatic heterocycles. The number of nitrogens with one attached hydrogen (secondary N) is 1. The van der Waals surface area contributed by atoms with E-state index in [1.165, 1.54) is 47.7 Å². The molecule has 27 heavy (non-hydrogen) atoms. The fourth-order valence-corrected chi connectivity index (χ4v) is 3.28. The Kier molecular flexibility index (Phi) is 5.83. The first-order chi connectivity index (χ1) is 13.0. The molecule has 7 heteroatoms. The predicted molar refractivity (Wildman–Crippen MR) is 99.1 cm³/mol. The van der Waals surface area contributed by atoms with E-state index in [1.807, 2.05) is 17.5 Å². The molecule has 0 fully saturated rings. The Balaban J connectivity index is 1.66. The zero-order valence-corrected chi connectivity index (χ0v) is 14.9. The molecule has 0 aliphatic rings. The van der Waals surface area contributed by atoms with Crippen LogP contribution in [0, 0.1) is 5.82 Å². The van der Waals surface area contributed by atoms with Gasteiger partial charge in [-0.05, 0) is 47.3 Å². The lowest BCUT2D eigenvalue weighted by molar-refractivity contribution is -0.124. The molecule has 0 aliphatic carbocycles. The Hall–Kier alpha value is -3.19. The van der Waals surface area contributed by atoms with Gasteiger partial charge in [-0.3, -0.25) is 4.79 Å². The van der Waals surface area contributed by atoms with E-state index in [2.05, 4.69) is 5.32 Å². The standard InChI is InChI=1S/C20H16FNO4S/c21-15-8-6-13(7-9-15)19(17-5-2-10-27-17)22-18(24)12-26-20(25)14-3-1-4-16(23)11-14/h1-11,19,23H,12H2,(H,22,24)/t19-/m0/s1. The van der Waals surface area contributed by atoms with Gasteiger partial charge in [0.25, 0.3) is 5.91 Å². The number of rotatable bonds is 6. The van der Waals surface area contributed by atoms with Gasteiger partial charge in [0.05, 0.1) is 11.6 Å². The molecule has 5 nitrogen and oxygen atoms in total. The van der Waals surface area contributed by atoms with E-state index in [9.17, 15) is 19.1 Å². The maximum atomic E-state index is 13.2. The molecule has 3 rings (SSSR count). The van der Waals surface area contributed by atoms with Crippen LogP contribution in [-0.4, -0.2) is 23.6 Å². The second kappa shape index (κ2) is 8.46. The minimum Gasteiger partial charge on any atom is -0.508 e. The van der Waals surface area contributed by atoms with E-state index in [0.29, 0.717) is 5.56 Å². The van der Waals surface area contributed by atoms with Crippen LogP contribution in [0.4, 0.5) is 4.39 Å². The summed E-state index contributed by atoms with van der Waals surface area (Å²) in [6.07, 6.45) is 0. The van der Waals surface area contributed by atoms with E-state index < -0.39 is 24.5 Å². The first-order valence-electron chi connectivity index (χ1n) is 8.07. The number of phenolic OH excluding ortho intramolecular Hbond substituents is 1. The molecule has 0 unspecified atom stereocenters. The van der Waals surface area contributed by atoms with Crippen LogP contribution in [0.5, 0.6) is 5.75 Å². The van der Waals surface area contributed by atoms with Crippen LogP contribution in [0.15, 0.2) is 66.0 Å². The van der Waals surface area contributed by atoms with Gasteiger partial charge in [0.1, 0.15) is 11.6 Å². The summed E-state index contributed by atoms with van der Waals surface area (Å²) in [6.45, 7) is -0.475. The Bertz CT molecular complexity index is 925. The molecule has 1 heterocycles. The normalized spacial score (nSPS) is 11.6. The van der Waals surface area contributed by atoms with Crippen LogP contribution >= 0.6 is 11.3 Å². The second-order valence-electron chi connectivity index (χ2n) is 5.69. The quantitative estimate of drug-likeness (QED) is 0.635. The highest BCUT2D eigenvalue weighted by Gasteiger charge is 2.19. The van der Waals surface area contributed by atoms with Crippen LogP contribution in [0.1, 0.15) is 26.8 Å². The molecule has 0 saturated carbocycles. The number of hydrogen-bond acceptors (Lipinski definition) is 5. The van der Waals surface area contributed by atoms with Crippen molar-refractivity contribution < 1.29 is 23.8 Å². The Morgan fingerprint density at radius 1 is 1.11 bits per heavy atom. The van der Waals surface area contributed by atoms with E-state index in [4.69, 9.17) is 4.74 Å². The summed E-state index contributed by atoms with van der Waals surface area (Å²) in [6, 6.07) is 14.7. The van der Waals surface area contributed by atoms with E-state index in [1.54, 1.807) is 12.1 Å². The highest BCUT2D eigenvalue weighted by Crippen LogP contribution is 2.26. The minimum absolute atomic E-state index is 0.0667. The monoisotopic (exact) mass is 385 g/mol. The third-order valence-corrected chi connectivity index (χ3v) is 4.69. The molecule has 1 atom stereocenters. The van der Waals surface area contributed by atoms with Crippen molar-refractivity contribution in [3.63, 3.8) is 0 Å². The van der Waals surface area contributed by atoms with Gasteiger partial charge < -0.3 is 15.2 Å². The third kappa shape index (κ3) is 4.92. The lowest BCUT2D eigenvalue weighted by Gasteiger charge is -2.18. The number of amides is 1. The van der Waals surface area contributed by atoms with Crippen molar-refractivity contribution in [1.29, 1.82) is 0 Å². The summed E-state index contributed by atoms with van der Waals surface area (Å²) in [5.74, 6) is -1.64. The molecule has 3 aromatic rings. The molecule has 138 valence electrons. The number of phenols is 1. The van der Waals surface area contributed by atoms with Gasteiger partial charge in [0.15, 0.2) is 6.61 Å². The SMILES string of the molecule is O=C(COC(=O)c1cccc(O)c1)N[C@@H](c1ccc(F)cc1)c1cccs1. The van der Waals surface area contributed by atoms with Crippen LogP contribution in [0.25, 0.3) is 0 Å². The van der Waals surface area contributed by atoms with Crippen molar-refractivity contribution in [3.8, 4) is 5.75 Å². The minimum atomic E-state index is -0.712.